The maximum atomic E-state index is 14.0. The average Bonchev–Trinajstić information content (AvgIpc) is 3.01. The van der Waals surface area contributed by atoms with Gasteiger partial charge in [-0.15, -0.1) is 11.3 Å². The molecular weight excluding hydrogens is 353 g/mol. The molecule has 26 heavy (non-hydrogen) atoms. The monoisotopic (exact) mass is 375 g/mol. The molecule has 2 aromatic rings. The second-order valence-electron chi connectivity index (χ2n) is 5.79. The number of benzene rings is 1. The lowest BCUT2D eigenvalue weighted by molar-refractivity contribution is -0.132. The highest BCUT2D eigenvalue weighted by molar-refractivity contribution is 7.15. The molecule has 1 aromatic carbocycles. The zero-order chi connectivity index (χ0) is 19.3. The van der Waals surface area contributed by atoms with Gasteiger partial charge >= 0.3 is 0 Å². The number of nitrogens with zero attached hydrogens (tertiary/aromatic N) is 2. The van der Waals surface area contributed by atoms with Crippen molar-refractivity contribution in [3.63, 3.8) is 0 Å². The summed E-state index contributed by atoms with van der Waals surface area (Å²) in [6, 6.07) is 6.18. The number of aryl methyl sites for hydroxylation is 1. The SMILES string of the molecule is C=CC(=O)N(CC)CC(=O)NC(C)c1sc(-c2ccccc2F)nc1C. The van der Waals surface area contributed by atoms with Crippen LogP contribution in [0.15, 0.2) is 36.9 Å². The summed E-state index contributed by atoms with van der Waals surface area (Å²) in [5.41, 5.74) is 1.19. The molecule has 5 nitrogen and oxygen atoms in total. The van der Waals surface area contributed by atoms with Crippen LogP contribution in [-0.2, 0) is 9.59 Å². The molecule has 0 aliphatic rings. The summed E-state index contributed by atoms with van der Waals surface area (Å²) in [6.07, 6.45) is 1.19. The van der Waals surface area contributed by atoms with Crippen molar-refractivity contribution in [2.45, 2.75) is 26.8 Å². The van der Waals surface area contributed by atoms with Crippen LogP contribution in [0.1, 0.15) is 30.5 Å². The molecule has 0 saturated heterocycles. The van der Waals surface area contributed by atoms with Crippen LogP contribution >= 0.6 is 11.3 Å². The minimum atomic E-state index is -0.328. The minimum Gasteiger partial charge on any atom is -0.347 e. The van der Waals surface area contributed by atoms with Crippen molar-refractivity contribution >= 4 is 23.2 Å². The van der Waals surface area contributed by atoms with Crippen LogP contribution in [0.25, 0.3) is 10.6 Å². The normalized spacial score (nSPS) is 11.7. The molecule has 0 radical (unpaired) electrons. The first kappa shape index (κ1) is 19.8. The summed E-state index contributed by atoms with van der Waals surface area (Å²) in [5, 5.41) is 3.45. The summed E-state index contributed by atoms with van der Waals surface area (Å²) >= 11 is 1.35. The van der Waals surface area contributed by atoms with E-state index in [1.165, 1.54) is 28.4 Å². The first-order chi connectivity index (χ1) is 12.4. The third-order valence-corrected chi connectivity index (χ3v) is 5.28. The molecule has 1 unspecified atom stereocenters. The number of rotatable bonds is 7. The van der Waals surface area contributed by atoms with Crippen molar-refractivity contribution in [3.05, 3.63) is 53.3 Å². The Morgan fingerprint density at radius 1 is 1.42 bits per heavy atom. The van der Waals surface area contributed by atoms with Crippen molar-refractivity contribution in [1.29, 1.82) is 0 Å². The van der Waals surface area contributed by atoms with E-state index in [2.05, 4.69) is 16.9 Å². The van der Waals surface area contributed by atoms with Gasteiger partial charge in [-0.1, -0.05) is 18.7 Å². The number of halogens is 1. The van der Waals surface area contributed by atoms with Gasteiger partial charge in [-0.3, -0.25) is 9.59 Å². The molecule has 2 rings (SSSR count). The second kappa shape index (κ2) is 8.71. The highest BCUT2D eigenvalue weighted by Gasteiger charge is 2.20. The lowest BCUT2D eigenvalue weighted by Crippen LogP contribution is -2.40. The minimum absolute atomic E-state index is 0.0380. The molecule has 138 valence electrons. The van der Waals surface area contributed by atoms with Gasteiger partial charge in [-0.05, 0) is 39.0 Å². The molecule has 7 heteroatoms. The fourth-order valence-electron chi connectivity index (χ4n) is 2.56. The van der Waals surface area contributed by atoms with E-state index in [0.717, 1.165) is 10.6 Å². The van der Waals surface area contributed by atoms with E-state index < -0.39 is 0 Å². The summed E-state index contributed by atoms with van der Waals surface area (Å²) in [4.78, 5) is 30.6. The summed E-state index contributed by atoms with van der Waals surface area (Å²) in [5.74, 6) is -0.882. The van der Waals surface area contributed by atoms with Crippen LogP contribution in [0.5, 0.6) is 0 Å². The van der Waals surface area contributed by atoms with Gasteiger partial charge in [0, 0.05) is 12.1 Å². The Morgan fingerprint density at radius 3 is 2.73 bits per heavy atom. The van der Waals surface area contributed by atoms with Crippen LogP contribution in [0.2, 0.25) is 0 Å². The molecule has 1 N–H and O–H groups in total. The smallest absolute Gasteiger partial charge is 0.246 e. The molecule has 1 heterocycles. The molecule has 1 aromatic heterocycles. The molecule has 0 spiro atoms. The van der Waals surface area contributed by atoms with Gasteiger partial charge in [0.1, 0.15) is 10.8 Å². The number of carbonyl (C=O) groups excluding carboxylic acids is 2. The lowest BCUT2D eigenvalue weighted by Gasteiger charge is -2.20. The largest absolute Gasteiger partial charge is 0.347 e. The van der Waals surface area contributed by atoms with E-state index in [1.54, 1.807) is 25.1 Å². The van der Waals surface area contributed by atoms with Crippen molar-refractivity contribution < 1.29 is 14.0 Å². The van der Waals surface area contributed by atoms with Gasteiger partial charge in [-0.25, -0.2) is 9.37 Å². The number of thiazole rings is 1. The van der Waals surface area contributed by atoms with E-state index >= 15 is 0 Å². The Kier molecular flexibility index (Phi) is 6.63. The van der Waals surface area contributed by atoms with E-state index in [9.17, 15) is 14.0 Å². The van der Waals surface area contributed by atoms with Crippen LogP contribution in [0.4, 0.5) is 4.39 Å². The predicted octanol–water partition coefficient (Wildman–Crippen LogP) is 3.47. The van der Waals surface area contributed by atoms with Crippen LogP contribution in [0.3, 0.4) is 0 Å². The Bertz CT molecular complexity index is 819. The fourth-order valence-corrected chi connectivity index (χ4v) is 3.66. The maximum Gasteiger partial charge on any atom is 0.246 e. The fraction of sp³-hybridized carbons (Fsp3) is 0.316. The van der Waals surface area contributed by atoms with Crippen molar-refractivity contribution in [2.75, 3.05) is 13.1 Å². The highest BCUT2D eigenvalue weighted by Crippen LogP contribution is 2.32. The Morgan fingerprint density at radius 2 is 2.12 bits per heavy atom. The number of carbonyl (C=O) groups is 2. The Balaban J connectivity index is 2.11. The molecule has 0 saturated carbocycles. The van der Waals surface area contributed by atoms with E-state index in [-0.39, 0.29) is 30.2 Å². The van der Waals surface area contributed by atoms with Gasteiger partial charge in [0.05, 0.1) is 23.2 Å². The van der Waals surface area contributed by atoms with E-state index in [0.29, 0.717) is 17.1 Å². The van der Waals surface area contributed by atoms with Gasteiger partial charge in [0.2, 0.25) is 11.8 Å². The third kappa shape index (κ3) is 4.54. The van der Waals surface area contributed by atoms with Gasteiger partial charge < -0.3 is 10.2 Å². The molecule has 2 amide bonds. The topological polar surface area (TPSA) is 62.3 Å². The zero-order valence-electron chi connectivity index (χ0n) is 15.1. The Hall–Kier alpha value is -2.54. The van der Waals surface area contributed by atoms with Crippen LogP contribution in [0, 0.1) is 12.7 Å². The molecule has 0 aliphatic carbocycles. The second-order valence-corrected chi connectivity index (χ2v) is 6.82. The third-order valence-electron chi connectivity index (χ3n) is 3.91. The van der Waals surface area contributed by atoms with E-state index in [1.807, 2.05) is 13.8 Å². The predicted molar refractivity (Wildman–Crippen MR) is 101 cm³/mol. The Labute approximate surface area is 156 Å². The van der Waals surface area contributed by atoms with Gasteiger partial charge in [0.25, 0.3) is 0 Å². The van der Waals surface area contributed by atoms with Crippen LogP contribution in [-0.4, -0.2) is 34.8 Å². The number of amides is 2. The van der Waals surface area contributed by atoms with Crippen molar-refractivity contribution in [2.24, 2.45) is 0 Å². The first-order valence-electron chi connectivity index (χ1n) is 8.30. The van der Waals surface area contributed by atoms with Crippen molar-refractivity contribution in [1.82, 2.24) is 15.2 Å². The number of nitrogens with one attached hydrogen (secondary N) is 1. The molecule has 0 fully saturated rings. The lowest BCUT2D eigenvalue weighted by atomic mass is 10.2. The highest BCUT2D eigenvalue weighted by atomic mass is 32.1. The molecule has 0 bridgehead atoms. The van der Waals surface area contributed by atoms with Crippen molar-refractivity contribution in [3.8, 4) is 10.6 Å². The molecule has 0 aliphatic heterocycles. The summed E-state index contributed by atoms with van der Waals surface area (Å²) in [7, 11) is 0. The molecule has 1 atom stereocenters. The van der Waals surface area contributed by atoms with Gasteiger partial charge in [0.15, 0.2) is 0 Å². The van der Waals surface area contributed by atoms with Gasteiger partial charge in [-0.2, -0.15) is 0 Å². The number of hydrogen-bond donors (Lipinski definition) is 1. The first-order valence-corrected chi connectivity index (χ1v) is 9.11. The quantitative estimate of drug-likeness (QED) is 0.754. The zero-order valence-corrected chi connectivity index (χ0v) is 15.9. The standard InChI is InChI=1S/C19H22FN3O2S/c1-5-17(25)23(6-2)11-16(24)21-12(3)18-13(4)22-19(26-18)14-9-7-8-10-15(14)20/h5,7-10,12H,1,6,11H2,2-4H3,(H,21,24). The summed E-state index contributed by atoms with van der Waals surface area (Å²) in [6.45, 7) is 9.29. The number of likely N-dealkylation sites (N-methyl/N-ethyl adjacent to an activating group) is 1. The molecular formula is C19H22FN3O2S. The van der Waals surface area contributed by atoms with E-state index in [4.69, 9.17) is 0 Å². The number of aromatic nitrogens is 1. The summed E-state index contributed by atoms with van der Waals surface area (Å²) < 4.78 is 14.0. The number of hydrogen-bond acceptors (Lipinski definition) is 4. The average molecular weight is 375 g/mol. The van der Waals surface area contributed by atoms with Crippen LogP contribution < -0.4 is 5.32 Å². The maximum absolute atomic E-state index is 14.0.